The Bertz CT molecular complexity index is 1320. The van der Waals surface area contributed by atoms with E-state index in [4.69, 9.17) is 31.5 Å². The summed E-state index contributed by atoms with van der Waals surface area (Å²) < 4.78 is 43.4. The highest BCUT2D eigenvalue weighted by Gasteiger charge is 2.60. The van der Waals surface area contributed by atoms with Crippen molar-refractivity contribution in [3.63, 3.8) is 0 Å². The minimum atomic E-state index is -2.95. The van der Waals surface area contributed by atoms with Gasteiger partial charge in [-0.25, -0.2) is 8.78 Å². The Morgan fingerprint density at radius 2 is 1.82 bits per heavy atom. The second-order valence-electron chi connectivity index (χ2n) is 8.79. The van der Waals surface area contributed by atoms with Crippen LogP contribution in [0.4, 0.5) is 20.2 Å². The minimum absolute atomic E-state index is 0.237. The number of amides is 1. The van der Waals surface area contributed by atoms with Crippen LogP contribution in [-0.4, -0.2) is 50.7 Å². The molecule has 202 valence electrons. The molecule has 38 heavy (non-hydrogen) atoms. The van der Waals surface area contributed by atoms with Crippen LogP contribution < -0.4 is 25.8 Å². The lowest BCUT2D eigenvalue weighted by Gasteiger charge is -2.45. The highest BCUT2D eigenvalue weighted by atomic mass is 35.5. The standard InChI is InChI=1S/C26H26ClF2N3O5S/c1-31-18-10-21(15-3-5-16(27)6-4-15)38-23(18)24(34)32-17-7-8-19(20(9-17)35-2)36-14-25(37-22(33)11-30)12-26(28,29)13-25/h3-10,31H,11-14,30H2,1-2H3,(H,32,34). The largest absolute Gasteiger partial charge is 0.493 e. The molecule has 3 aromatic rings. The van der Waals surface area contributed by atoms with Crippen molar-refractivity contribution in [2.75, 3.05) is 37.9 Å². The fraction of sp³-hybridized carbons (Fsp3) is 0.308. The number of nitrogens with one attached hydrogen (secondary N) is 2. The van der Waals surface area contributed by atoms with Gasteiger partial charge in [-0.3, -0.25) is 9.59 Å². The van der Waals surface area contributed by atoms with Crippen molar-refractivity contribution in [3.05, 3.63) is 58.4 Å². The molecule has 1 heterocycles. The number of nitrogens with two attached hydrogens (primary N) is 1. The Labute approximate surface area is 227 Å². The molecule has 1 saturated carbocycles. The van der Waals surface area contributed by atoms with Gasteiger partial charge in [0.25, 0.3) is 11.8 Å². The van der Waals surface area contributed by atoms with Crippen molar-refractivity contribution in [2.24, 2.45) is 5.73 Å². The number of benzene rings is 2. The third kappa shape index (κ3) is 6.17. The average molecular weight is 566 g/mol. The third-order valence-electron chi connectivity index (χ3n) is 5.91. The number of hydrogen-bond acceptors (Lipinski definition) is 8. The van der Waals surface area contributed by atoms with Gasteiger partial charge >= 0.3 is 5.97 Å². The number of thiophene rings is 1. The third-order valence-corrected chi connectivity index (χ3v) is 7.34. The van der Waals surface area contributed by atoms with E-state index in [-0.39, 0.29) is 24.0 Å². The van der Waals surface area contributed by atoms with Crippen molar-refractivity contribution < 1.29 is 32.6 Å². The number of carbonyl (C=O) groups is 2. The van der Waals surface area contributed by atoms with Crippen LogP contribution in [0.25, 0.3) is 10.4 Å². The Morgan fingerprint density at radius 3 is 2.42 bits per heavy atom. The highest BCUT2D eigenvalue weighted by molar-refractivity contribution is 7.18. The van der Waals surface area contributed by atoms with Crippen LogP contribution in [0.15, 0.2) is 48.5 Å². The summed E-state index contributed by atoms with van der Waals surface area (Å²) in [7, 11) is 3.14. The van der Waals surface area contributed by atoms with Crippen molar-refractivity contribution in [1.29, 1.82) is 0 Å². The van der Waals surface area contributed by atoms with Gasteiger partial charge < -0.3 is 30.6 Å². The summed E-state index contributed by atoms with van der Waals surface area (Å²) in [4.78, 5) is 26.1. The molecule has 4 N–H and O–H groups in total. The molecule has 1 aliphatic carbocycles. The zero-order valence-corrected chi connectivity index (χ0v) is 22.2. The first-order valence-electron chi connectivity index (χ1n) is 11.6. The number of esters is 1. The molecule has 0 saturated heterocycles. The highest BCUT2D eigenvalue weighted by Crippen LogP contribution is 2.48. The quantitative estimate of drug-likeness (QED) is 0.281. The first-order chi connectivity index (χ1) is 18.1. The lowest BCUT2D eigenvalue weighted by atomic mass is 9.77. The fourth-order valence-corrected chi connectivity index (χ4v) is 5.33. The first kappa shape index (κ1) is 27.6. The zero-order valence-electron chi connectivity index (χ0n) is 20.6. The van der Waals surface area contributed by atoms with E-state index in [2.05, 4.69) is 10.6 Å². The molecule has 0 radical (unpaired) electrons. The van der Waals surface area contributed by atoms with Crippen LogP contribution in [0.3, 0.4) is 0 Å². The van der Waals surface area contributed by atoms with E-state index in [0.29, 0.717) is 21.3 Å². The smallest absolute Gasteiger partial charge is 0.320 e. The van der Waals surface area contributed by atoms with Gasteiger partial charge in [0.15, 0.2) is 17.1 Å². The summed E-state index contributed by atoms with van der Waals surface area (Å²) in [5.74, 6) is -3.57. The Kier molecular flexibility index (Phi) is 8.10. The van der Waals surface area contributed by atoms with Crippen molar-refractivity contribution >= 4 is 46.2 Å². The molecule has 1 aromatic heterocycles. The van der Waals surface area contributed by atoms with Crippen LogP contribution in [0.5, 0.6) is 11.5 Å². The molecule has 0 bridgehead atoms. The summed E-state index contributed by atoms with van der Waals surface area (Å²) in [6, 6.07) is 13.9. The van der Waals surface area contributed by atoms with Gasteiger partial charge in [0.2, 0.25) is 0 Å². The van der Waals surface area contributed by atoms with Crippen molar-refractivity contribution in [2.45, 2.75) is 24.4 Å². The maximum absolute atomic E-state index is 13.6. The van der Waals surface area contributed by atoms with E-state index >= 15 is 0 Å². The number of carbonyl (C=O) groups excluding carboxylic acids is 2. The van der Waals surface area contributed by atoms with E-state index in [0.717, 1.165) is 10.4 Å². The molecule has 8 nitrogen and oxygen atoms in total. The zero-order chi connectivity index (χ0) is 27.5. The minimum Gasteiger partial charge on any atom is -0.493 e. The molecule has 0 atom stereocenters. The molecule has 1 aliphatic rings. The summed E-state index contributed by atoms with van der Waals surface area (Å²) in [5, 5.41) is 6.50. The summed E-state index contributed by atoms with van der Waals surface area (Å²) in [5.41, 5.74) is 5.82. The lowest BCUT2D eigenvalue weighted by Crippen LogP contribution is -2.58. The van der Waals surface area contributed by atoms with Gasteiger partial charge in [-0.2, -0.15) is 0 Å². The Morgan fingerprint density at radius 1 is 1.11 bits per heavy atom. The second kappa shape index (κ2) is 11.1. The van der Waals surface area contributed by atoms with Crippen molar-refractivity contribution in [3.8, 4) is 21.9 Å². The number of alkyl halides is 2. The summed E-state index contributed by atoms with van der Waals surface area (Å²) >= 11 is 7.31. The number of anilines is 2. The number of ether oxygens (including phenoxy) is 3. The molecule has 12 heteroatoms. The molecule has 0 aliphatic heterocycles. The van der Waals surface area contributed by atoms with Gasteiger partial charge in [0.1, 0.15) is 11.5 Å². The van der Waals surface area contributed by atoms with E-state index < -0.39 is 36.9 Å². The maximum Gasteiger partial charge on any atom is 0.320 e. The maximum atomic E-state index is 13.6. The van der Waals surface area contributed by atoms with Gasteiger partial charge in [-0.15, -0.1) is 11.3 Å². The lowest BCUT2D eigenvalue weighted by molar-refractivity contribution is -0.233. The van der Waals surface area contributed by atoms with Crippen LogP contribution in [-0.2, 0) is 9.53 Å². The second-order valence-corrected chi connectivity index (χ2v) is 10.3. The van der Waals surface area contributed by atoms with Gasteiger partial charge in [-0.05, 0) is 35.9 Å². The average Bonchev–Trinajstić information content (AvgIpc) is 3.31. The van der Waals surface area contributed by atoms with E-state index in [1.165, 1.54) is 24.5 Å². The molecular weight excluding hydrogens is 540 g/mol. The van der Waals surface area contributed by atoms with Crippen LogP contribution in [0.2, 0.25) is 5.02 Å². The Balaban J connectivity index is 1.47. The van der Waals surface area contributed by atoms with Gasteiger partial charge in [-0.1, -0.05) is 23.7 Å². The molecular formula is C26H26ClF2N3O5S. The monoisotopic (exact) mass is 565 g/mol. The predicted molar refractivity (Wildman–Crippen MR) is 143 cm³/mol. The van der Waals surface area contributed by atoms with Crippen LogP contribution in [0.1, 0.15) is 22.5 Å². The predicted octanol–water partition coefficient (Wildman–Crippen LogP) is 5.42. The molecule has 4 rings (SSSR count). The molecule has 0 unspecified atom stereocenters. The molecule has 1 amide bonds. The number of halogens is 3. The van der Waals surface area contributed by atoms with E-state index in [9.17, 15) is 18.4 Å². The van der Waals surface area contributed by atoms with Gasteiger partial charge in [0.05, 0.1) is 32.2 Å². The fourth-order valence-electron chi connectivity index (χ4n) is 4.14. The van der Waals surface area contributed by atoms with Gasteiger partial charge in [0, 0.05) is 28.7 Å². The van der Waals surface area contributed by atoms with Crippen molar-refractivity contribution in [1.82, 2.24) is 0 Å². The normalized spacial score (nSPS) is 15.2. The number of rotatable bonds is 10. The molecule has 1 fully saturated rings. The topological polar surface area (TPSA) is 112 Å². The first-order valence-corrected chi connectivity index (χ1v) is 12.8. The molecule has 2 aromatic carbocycles. The van der Waals surface area contributed by atoms with Crippen LogP contribution in [0, 0.1) is 0 Å². The number of hydrogen-bond donors (Lipinski definition) is 3. The Hall–Kier alpha value is -3.41. The SMILES string of the molecule is CNc1cc(-c2ccc(Cl)cc2)sc1C(=O)Nc1ccc(OCC2(OC(=O)CN)CC(F)(F)C2)c(OC)c1. The summed E-state index contributed by atoms with van der Waals surface area (Å²) in [6.45, 7) is -0.726. The van der Waals surface area contributed by atoms with Crippen LogP contribution >= 0.6 is 22.9 Å². The molecule has 0 spiro atoms. The summed E-state index contributed by atoms with van der Waals surface area (Å²) in [6.07, 6.45) is -1.32. The van der Waals surface area contributed by atoms with E-state index in [1.54, 1.807) is 31.3 Å². The van der Waals surface area contributed by atoms with E-state index in [1.807, 2.05) is 18.2 Å². The number of methoxy groups -OCH3 is 1.